The van der Waals surface area contributed by atoms with Crippen molar-refractivity contribution in [3.63, 3.8) is 0 Å². The van der Waals surface area contributed by atoms with E-state index in [2.05, 4.69) is 15.5 Å². The highest BCUT2D eigenvalue weighted by Crippen LogP contribution is 2.32. The zero-order valence-corrected chi connectivity index (χ0v) is 19.7. The summed E-state index contributed by atoms with van der Waals surface area (Å²) in [6, 6.07) is 13.3. The highest BCUT2D eigenvalue weighted by molar-refractivity contribution is 7.99. The Morgan fingerprint density at radius 2 is 1.91 bits per heavy atom. The third-order valence-electron chi connectivity index (χ3n) is 5.49. The summed E-state index contributed by atoms with van der Waals surface area (Å²) in [6.07, 6.45) is 0. The second-order valence-electron chi connectivity index (χ2n) is 7.89. The molecule has 180 valence electrons. The minimum absolute atomic E-state index is 0.00654. The van der Waals surface area contributed by atoms with Crippen molar-refractivity contribution in [2.45, 2.75) is 12.1 Å². The van der Waals surface area contributed by atoms with Crippen molar-refractivity contribution < 1.29 is 23.1 Å². The number of furan rings is 1. The molecular weight excluding hydrogens is 473 g/mol. The molecule has 1 N–H and O–H groups in total. The summed E-state index contributed by atoms with van der Waals surface area (Å²) in [5.74, 6) is -0.367. The van der Waals surface area contributed by atoms with Crippen LogP contribution in [0.1, 0.15) is 17.5 Å². The minimum atomic E-state index is -0.388. The van der Waals surface area contributed by atoms with Gasteiger partial charge in [0.25, 0.3) is 0 Å². The fraction of sp³-hybridized carbons (Fsp3) is 0.250. The lowest BCUT2D eigenvalue weighted by Crippen LogP contribution is -2.37. The molecule has 4 aromatic rings. The quantitative estimate of drug-likeness (QED) is 0.304. The molecule has 11 heteroatoms. The van der Waals surface area contributed by atoms with Gasteiger partial charge in [0.05, 0.1) is 30.3 Å². The maximum absolute atomic E-state index is 14.0. The number of thioether (sulfide) groups is 1. The number of carbonyl (C=O) groups is 2. The lowest BCUT2D eigenvalue weighted by molar-refractivity contribution is -0.113. The van der Waals surface area contributed by atoms with Gasteiger partial charge in [0.15, 0.2) is 16.7 Å². The van der Waals surface area contributed by atoms with Gasteiger partial charge in [-0.3, -0.25) is 14.2 Å². The Hall–Kier alpha value is -3.70. The normalized spacial score (nSPS) is 13.8. The van der Waals surface area contributed by atoms with E-state index in [0.29, 0.717) is 59.8 Å². The van der Waals surface area contributed by atoms with Gasteiger partial charge in [-0.25, -0.2) is 4.39 Å². The summed E-state index contributed by atoms with van der Waals surface area (Å²) < 4.78 is 26.8. The van der Waals surface area contributed by atoms with E-state index in [1.54, 1.807) is 41.0 Å². The number of benzene rings is 2. The molecular formula is C24H22FN5O4S. The number of Topliss-reactive ketones (excluding diaryl/α,β-unsaturated/α-hetero) is 1. The number of fused-ring (bicyclic) bond motifs is 1. The van der Waals surface area contributed by atoms with E-state index < -0.39 is 0 Å². The molecule has 0 bridgehead atoms. The molecule has 0 aliphatic carbocycles. The van der Waals surface area contributed by atoms with Gasteiger partial charge >= 0.3 is 0 Å². The van der Waals surface area contributed by atoms with Gasteiger partial charge in [-0.1, -0.05) is 30.0 Å². The molecule has 1 aliphatic rings. The zero-order valence-electron chi connectivity index (χ0n) is 18.9. The van der Waals surface area contributed by atoms with E-state index in [-0.39, 0.29) is 29.0 Å². The molecule has 3 heterocycles. The fourth-order valence-electron chi connectivity index (χ4n) is 3.89. The van der Waals surface area contributed by atoms with Crippen LogP contribution < -0.4 is 10.2 Å². The Bertz CT molecular complexity index is 1400. The number of halogens is 1. The van der Waals surface area contributed by atoms with Crippen LogP contribution in [0.3, 0.4) is 0 Å². The molecule has 1 fully saturated rings. The van der Waals surface area contributed by atoms with E-state index >= 15 is 0 Å². The molecule has 1 saturated heterocycles. The molecule has 5 rings (SSSR count). The number of anilines is 2. The van der Waals surface area contributed by atoms with Crippen LogP contribution in [0.4, 0.5) is 16.0 Å². The molecule has 0 atom stereocenters. The summed E-state index contributed by atoms with van der Waals surface area (Å²) in [6.45, 7) is 3.74. The molecule has 2 aromatic heterocycles. The van der Waals surface area contributed by atoms with E-state index in [9.17, 15) is 14.0 Å². The number of rotatable bonds is 7. The summed E-state index contributed by atoms with van der Waals surface area (Å²) in [5.41, 5.74) is 1.42. The third-order valence-corrected chi connectivity index (χ3v) is 6.42. The number of nitrogens with one attached hydrogen (secondary N) is 1. The van der Waals surface area contributed by atoms with Crippen molar-refractivity contribution in [1.82, 2.24) is 14.8 Å². The molecule has 1 aliphatic heterocycles. The predicted octanol–water partition coefficient (Wildman–Crippen LogP) is 3.92. The Labute approximate surface area is 204 Å². The van der Waals surface area contributed by atoms with Crippen molar-refractivity contribution in [2.75, 3.05) is 42.3 Å². The van der Waals surface area contributed by atoms with Crippen LogP contribution in [0.25, 0.3) is 16.7 Å². The highest BCUT2D eigenvalue weighted by atomic mass is 32.2. The van der Waals surface area contributed by atoms with Gasteiger partial charge in [-0.15, -0.1) is 10.2 Å². The number of hydrogen-bond donors (Lipinski definition) is 1. The van der Waals surface area contributed by atoms with Gasteiger partial charge in [-0.2, -0.15) is 0 Å². The van der Waals surface area contributed by atoms with Gasteiger partial charge in [0.1, 0.15) is 11.4 Å². The predicted molar refractivity (Wildman–Crippen MR) is 130 cm³/mol. The van der Waals surface area contributed by atoms with Crippen LogP contribution in [0, 0.1) is 5.82 Å². The van der Waals surface area contributed by atoms with Gasteiger partial charge < -0.3 is 19.4 Å². The Kier molecular flexibility index (Phi) is 6.51. The highest BCUT2D eigenvalue weighted by Gasteiger charge is 2.24. The first-order valence-electron chi connectivity index (χ1n) is 11.0. The summed E-state index contributed by atoms with van der Waals surface area (Å²) >= 11 is 1.16. The van der Waals surface area contributed by atoms with Gasteiger partial charge in [0, 0.05) is 25.4 Å². The molecule has 0 radical (unpaired) electrons. The second kappa shape index (κ2) is 9.88. The van der Waals surface area contributed by atoms with Crippen LogP contribution in [-0.4, -0.2) is 58.5 Å². The molecule has 9 nitrogen and oxygen atoms in total. The summed E-state index contributed by atoms with van der Waals surface area (Å²) in [4.78, 5) is 27.0. The van der Waals surface area contributed by atoms with E-state index in [4.69, 9.17) is 9.15 Å². The lowest BCUT2D eigenvalue weighted by Gasteiger charge is -2.27. The number of morpholine rings is 1. The first-order valence-corrected chi connectivity index (χ1v) is 12.0. The van der Waals surface area contributed by atoms with Crippen LogP contribution >= 0.6 is 11.8 Å². The first-order chi connectivity index (χ1) is 17.0. The molecule has 0 unspecified atom stereocenters. The molecule has 35 heavy (non-hydrogen) atoms. The second-order valence-corrected chi connectivity index (χ2v) is 8.84. The van der Waals surface area contributed by atoms with E-state index in [1.807, 2.05) is 4.90 Å². The number of carbonyl (C=O) groups excluding carboxylic acids is 2. The Morgan fingerprint density at radius 1 is 1.11 bits per heavy atom. The number of aromatic nitrogens is 3. The van der Waals surface area contributed by atoms with Crippen molar-refractivity contribution >= 4 is 46.1 Å². The van der Waals surface area contributed by atoms with E-state index in [0.717, 1.165) is 11.8 Å². The number of ketones is 1. The van der Waals surface area contributed by atoms with Crippen molar-refractivity contribution in [3.05, 3.63) is 60.1 Å². The smallest absolute Gasteiger partial charge is 0.234 e. The maximum Gasteiger partial charge on any atom is 0.234 e. The lowest BCUT2D eigenvalue weighted by atomic mass is 10.2. The average molecular weight is 496 g/mol. The van der Waals surface area contributed by atoms with Gasteiger partial charge in [-0.05, 0) is 30.3 Å². The van der Waals surface area contributed by atoms with Crippen LogP contribution in [0.2, 0.25) is 0 Å². The molecule has 1 amide bonds. The van der Waals surface area contributed by atoms with Crippen molar-refractivity contribution in [3.8, 4) is 5.69 Å². The Morgan fingerprint density at radius 3 is 2.69 bits per heavy atom. The van der Waals surface area contributed by atoms with E-state index in [1.165, 1.54) is 19.1 Å². The molecule has 0 spiro atoms. The first kappa shape index (κ1) is 23.1. The third kappa shape index (κ3) is 4.77. The standard InChI is InChI=1S/C24H22FN5O4S/c1-15(31)22-21(18-7-2-3-8-19(18)34-22)26-20(32)14-35-24-28-27-23(29-9-11-33-12-10-29)30(24)17-6-4-5-16(25)13-17/h2-8,13H,9-12,14H2,1H3,(H,26,32). The average Bonchev–Trinajstić information content (AvgIpc) is 3.45. The minimum Gasteiger partial charge on any atom is -0.451 e. The SMILES string of the molecule is CC(=O)c1oc2ccccc2c1NC(=O)CSc1nnc(N2CCOCC2)n1-c1cccc(F)c1. The molecule has 0 saturated carbocycles. The fourth-order valence-corrected chi connectivity index (χ4v) is 4.64. The topological polar surface area (TPSA) is 102 Å². The largest absolute Gasteiger partial charge is 0.451 e. The van der Waals surface area contributed by atoms with Crippen LogP contribution in [0.15, 0.2) is 58.1 Å². The summed E-state index contributed by atoms with van der Waals surface area (Å²) in [7, 11) is 0. The molecule has 2 aromatic carbocycles. The van der Waals surface area contributed by atoms with Crippen LogP contribution in [0.5, 0.6) is 0 Å². The van der Waals surface area contributed by atoms with Crippen molar-refractivity contribution in [1.29, 1.82) is 0 Å². The number of ether oxygens (including phenoxy) is 1. The summed E-state index contributed by atoms with van der Waals surface area (Å²) in [5, 5.41) is 12.5. The number of hydrogen-bond acceptors (Lipinski definition) is 8. The number of amides is 1. The van der Waals surface area contributed by atoms with Crippen molar-refractivity contribution in [2.24, 2.45) is 0 Å². The zero-order chi connectivity index (χ0) is 24.4. The monoisotopic (exact) mass is 495 g/mol. The Balaban J connectivity index is 1.40. The maximum atomic E-state index is 14.0. The number of para-hydroxylation sites is 1. The van der Waals surface area contributed by atoms with Gasteiger partial charge in [0.2, 0.25) is 11.9 Å². The number of nitrogens with zero attached hydrogens (tertiary/aromatic N) is 4. The van der Waals surface area contributed by atoms with Crippen LogP contribution in [-0.2, 0) is 9.53 Å².